The van der Waals surface area contributed by atoms with Gasteiger partial charge in [0.15, 0.2) is 5.82 Å². The highest BCUT2D eigenvalue weighted by Crippen LogP contribution is 2.11. The van der Waals surface area contributed by atoms with Gasteiger partial charge < -0.3 is 0 Å². The van der Waals surface area contributed by atoms with Gasteiger partial charge in [-0.25, -0.2) is 4.68 Å². The fraction of sp³-hybridized carbons (Fsp3) is 0.611. The molecule has 0 saturated carbocycles. The van der Waals surface area contributed by atoms with Crippen molar-refractivity contribution in [1.82, 2.24) is 30.0 Å². The molecular formula is C18H28N6. The van der Waals surface area contributed by atoms with Gasteiger partial charge in [-0.05, 0) is 28.3 Å². The fourth-order valence-corrected chi connectivity index (χ4v) is 3.04. The topological polar surface area (TPSA) is 50.1 Å². The standard InChI is InChI=1S/C18H28N6/c1-16(2)8-9-24-18(19-20-21-24)15-23-12-10-22(11-13-23)14-17-6-4-3-5-7-17/h3-7,16H,8-15H2,1-2H3. The van der Waals surface area contributed by atoms with Crippen molar-refractivity contribution in [3.63, 3.8) is 0 Å². The van der Waals surface area contributed by atoms with Crippen LogP contribution in [0.5, 0.6) is 0 Å². The SMILES string of the molecule is CC(C)CCn1nnnc1CN1CCN(Cc2ccccc2)CC1. The minimum atomic E-state index is 0.670. The van der Waals surface area contributed by atoms with Crippen molar-refractivity contribution in [3.8, 4) is 0 Å². The molecule has 0 bridgehead atoms. The number of hydrogen-bond donors (Lipinski definition) is 0. The number of aryl methyl sites for hydroxylation is 1. The van der Waals surface area contributed by atoms with E-state index in [0.29, 0.717) is 5.92 Å². The molecule has 6 heteroatoms. The van der Waals surface area contributed by atoms with Gasteiger partial charge >= 0.3 is 0 Å². The van der Waals surface area contributed by atoms with Crippen LogP contribution in [-0.4, -0.2) is 56.2 Å². The van der Waals surface area contributed by atoms with Crippen molar-refractivity contribution in [2.24, 2.45) is 5.92 Å². The predicted molar refractivity (Wildman–Crippen MR) is 94.3 cm³/mol. The molecule has 1 aliphatic rings. The molecule has 24 heavy (non-hydrogen) atoms. The van der Waals surface area contributed by atoms with E-state index in [1.807, 2.05) is 4.68 Å². The molecule has 0 amide bonds. The van der Waals surface area contributed by atoms with E-state index in [1.165, 1.54) is 5.56 Å². The Bertz CT molecular complexity index is 601. The maximum atomic E-state index is 4.22. The van der Waals surface area contributed by atoms with Crippen molar-refractivity contribution >= 4 is 0 Å². The van der Waals surface area contributed by atoms with E-state index in [4.69, 9.17) is 0 Å². The van der Waals surface area contributed by atoms with Gasteiger partial charge in [0.2, 0.25) is 0 Å². The smallest absolute Gasteiger partial charge is 0.165 e. The fourth-order valence-electron chi connectivity index (χ4n) is 3.04. The average molecular weight is 328 g/mol. The molecule has 0 N–H and O–H groups in total. The Morgan fingerprint density at radius 3 is 2.29 bits per heavy atom. The van der Waals surface area contributed by atoms with E-state index < -0.39 is 0 Å². The number of nitrogens with zero attached hydrogens (tertiary/aromatic N) is 6. The second-order valence-corrected chi connectivity index (χ2v) is 7.04. The molecule has 1 saturated heterocycles. The van der Waals surface area contributed by atoms with Crippen LogP contribution in [0.1, 0.15) is 31.7 Å². The van der Waals surface area contributed by atoms with Crippen molar-refractivity contribution < 1.29 is 0 Å². The first-order valence-corrected chi connectivity index (χ1v) is 8.94. The lowest BCUT2D eigenvalue weighted by atomic mass is 10.1. The molecule has 0 spiro atoms. The number of piperazine rings is 1. The predicted octanol–water partition coefficient (Wildman–Crippen LogP) is 2.04. The van der Waals surface area contributed by atoms with Crippen LogP contribution >= 0.6 is 0 Å². The van der Waals surface area contributed by atoms with Gasteiger partial charge in [-0.2, -0.15) is 0 Å². The molecular weight excluding hydrogens is 300 g/mol. The molecule has 0 aliphatic carbocycles. The Kier molecular flexibility index (Phi) is 5.93. The number of hydrogen-bond acceptors (Lipinski definition) is 5. The van der Waals surface area contributed by atoms with Crippen LogP contribution in [-0.2, 0) is 19.6 Å². The zero-order valence-corrected chi connectivity index (χ0v) is 14.8. The van der Waals surface area contributed by atoms with Crippen LogP contribution in [0.3, 0.4) is 0 Å². The van der Waals surface area contributed by atoms with E-state index in [9.17, 15) is 0 Å². The van der Waals surface area contributed by atoms with E-state index >= 15 is 0 Å². The summed E-state index contributed by atoms with van der Waals surface area (Å²) >= 11 is 0. The van der Waals surface area contributed by atoms with Crippen LogP contribution in [0.2, 0.25) is 0 Å². The summed E-state index contributed by atoms with van der Waals surface area (Å²) in [7, 11) is 0. The molecule has 0 atom stereocenters. The average Bonchev–Trinajstić information content (AvgIpc) is 3.03. The number of aromatic nitrogens is 4. The Morgan fingerprint density at radius 2 is 1.62 bits per heavy atom. The highest BCUT2D eigenvalue weighted by Gasteiger charge is 2.19. The van der Waals surface area contributed by atoms with Gasteiger partial charge in [0.25, 0.3) is 0 Å². The zero-order valence-electron chi connectivity index (χ0n) is 14.8. The first kappa shape index (κ1) is 17.0. The molecule has 6 nitrogen and oxygen atoms in total. The Morgan fingerprint density at radius 1 is 0.958 bits per heavy atom. The summed E-state index contributed by atoms with van der Waals surface area (Å²) < 4.78 is 1.97. The monoisotopic (exact) mass is 328 g/mol. The number of rotatable bonds is 7. The van der Waals surface area contributed by atoms with Crippen LogP contribution < -0.4 is 0 Å². The van der Waals surface area contributed by atoms with Gasteiger partial charge in [0.05, 0.1) is 6.54 Å². The second-order valence-electron chi connectivity index (χ2n) is 7.04. The van der Waals surface area contributed by atoms with Gasteiger partial charge in [0, 0.05) is 39.3 Å². The molecule has 1 aromatic heterocycles. The summed E-state index contributed by atoms with van der Waals surface area (Å²) in [5.41, 5.74) is 1.39. The minimum Gasteiger partial charge on any atom is -0.297 e. The lowest BCUT2D eigenvalue weighted by Crippen LogP contribution is -2.45. The molecule has 2 heterocycles. The van der Waals surface area contributed by atoms with Crippen molar-refractivity contribution in [1.29, 1.82) is 0 Å². The summed E-state index contributed by atoms with van der Waals surface area (Å²) in [4.78, 5) is 4.98. The Labute approximate surface area is 144 Å². The summed E-state index contributed by atoms with van der Waals surface area (Å²) in [5.74, 6) is 1.66. The minimum absolute atomic E-state index is 0.670. The van der Waals surface area contributed by atoms with Crippen LogP contribution in [0.15, 0.2) is 30.3 Å². The van der Waals surface area contributed by atoms with Gasteiger partial charge in [-0.3, -0.25) is 9.80 Å². The number of tetrazole rings is 1. The molecule has 1 fully saturated rings. The zero-order chi connectivity index (χ0) is 16.8. The maximum Gasteiger partial charge on any atom is 0.165 e. The molecule has 0 radical (unpaired) electrons. The molecule has 1 aromatic carbocycles. The van der Waals surface area contributed by atoms with E-state index in [2.05, 4.69) is 69.5 Å². The van der Waals surface area contributed by atoms with Crippen LogP contribution in [0, 0.1) is 5.92 Å². The van der Waals surface area contributed by atoms with E-state index in [1.54, 1.807) is 0 Å². The summed E-state index contributed by atoms with van der Waals surface area (Å²) in [6, 6.07) is 10.7. The van der Waals surface area contributed by atoms with Crippen molar-refractivity contribution in [3.05, 3.63) is 41.7 Å². The summed E-state index contributed by atoms with van der Waals surface area (Å²) in [6.07, 6.45) is 1.11. The van der Waals surface area contributed by atoms with Gasteiger partial charge in [-0.1, -0.05) is 44.2 Å². The lowest BCUT2D eigenvalue weighted by molar-refractivity contribution is 0.118. The van der Waals surface area contributed by atoms with E-state index in [0.717, 1.165) is 58.1 Å². The summed E-state index contributed by atoms with van der Waals surface area (Å²) in [5, 5.41) is 12.2. The molecule has 2 aromatic rings. The van der Waals surface area contributed by atoms with Crippen LogP contribution in [0.25, 0.3) is 0 Å². The Balaban J connectivity index is 1.46. The first-order chi connectivity index (χ1) is 11.7. The van der Waals surface area contributed by atoms with Gasteiger partial charge in [-0.15, -0.1) is 5.10 Å². The molecule has 130 valence electrons. The van der Waals surface area contributed by atoms with Crippen molar-refractivity contribution in [2.45, 2.75) is 39.9 Å². The third-order valence-corrected chi connectivity index (χ3v) is 4.60. The maximum absolute atomic E-state index is 4.22. The molecule has 0 unspecified atom stereocenters. The quantitative estimate of drug-likeness (QED) is 0.778. The summed E-state index contributed by atoms with van der Waals surface area (Å²) in [6.45, 7) is 11.6. The second kappa shape index (κ2) is 8.35. The van der Waals surface area contributed by atoms with E-state index in [-0.39, 0.29) is 0 Å². The normalized spacial score (nSPS) is 16.8. The van der Waals surface area contributed by atoms with Crippen molar-refractivity contribution in [2.75, 3.05) is 26.2 Å². The lowest BCUT2D eigenvalue weighted by Gasteiger charge is -2.34. The van der Waals surface area contributed by atoms with Gasteiger partial charge in [0.1, 0.15) is 0 Å². The highest BCUT2D eigenvalue weighted by molar-refractivity contribution is 5.14. The highest BCUT2D eigenvalue weighted by atomic mass is 15.5. The largest absolute Gasteiger partial charge is 0.297 e. The van der Waals surface area contributed by atoms with Crippen LogP contribution in [0.4, 0.5) is 0 Å². The number of benzene rings is 1. The third-order valence-electron chi connectivity index (χ3n) is 4.60. The Hall–Kier alpha value is -1.79. The molecule has 1 aliphatic heterocycles. The third kappa shape index (κ3) is 4.85. The molecule has 3 rings (SSSR count). The first-order valence-electron chi connectivity index (χ1n) is 8.94.